The number of para-hydroxylation sites is 1. The SMILES string of the molecule is Cc1ccccc1NC(=O)c1ccnc(Nc2cc(Cl)ccc2Cl)n1. The van der Waals surface area contributed by atoms with E-state index in [9.17, 15) is 4.79 Å². The number of carbonyl (C=O) groups excluding carboxylic acids is 1. The number of nitrogens with zero attached hydrogens (tertiary/aromatic N) is 2. The number of amides is 1. The molecule has 25 heavy (non-hydrogen) atoms. The van der Waals surface area contributed by atoms with Crippen LogP contribution in [0, 0.1) is 6.92 Å². The van der Waals surface area contributed by atoms with E-state index in [4.69, 9.17) is 23.2 Å². The van der Waals surface area contributed by atoms with Gasteiger partial charge in [0.2, 0.25) is 5.95 Å². The molecular formula is C18H14Cl2N4O. The third kappa shape index (κ3) is 4.26. The van der Waals surface area contributed by atoms with Crippen LogP contribution >= 0.6 is 23.2 Å². The van der Waals surface area contributed by atoms with Crippen LogP contribution in [0.25, 0.3) is 0 Å². The predicted molar refractivity (Wildman–Crippen MR) is 101 cm³/mol. The van der Waals surface area contributed by atoms with Crippen molar-refractivity contribution in [3.8, 4) is 0 Å². The van der Waals surface area contributed by atoms with Gasteiger partial charge in [0.05, 0.1) is 10.7 Å². The van der Waals surface area contributed by atoms with E-state index in [0.29, 0.717) is 15.7 Å². The van der Waals surface area contributed by atoms with Gasteiger partial charge in [0.25, 0.3) is 5.91 Å². The van der Waals surface area contributed by atoms with Crippen molar-refractivity contribution in [1.29, 1.82) is 0 Å². The third-order valence-electron chi connectivity index (χ3n) is 3.46. The van der Waals surface area contributed by atoms with Gasteiger partial charge >= 0.3 is 0 Å². The lowest BCUT2D eigenvalue weighted by atomic mass is 10.2. The highest BCUT2D eigenvalue weighted by Crippen LogP contribution is 2.27. The van der Waals surface area contributed by atoms with E-state index in [1.54, 1.807) is 24.3 Å². The van der Waals surface area contributed by atoms with Gasteiger partial charge in [-0.25, -0.2) is 9.97 Å². The molecule has 0 saturated carbocycles. The summed E-state index contributed by atoms with van der Waals surface area (Å²) in [7, 11) is 0. The Hall–Kier alpha value is -2.63. The molecule has 0 spiro atoms. The Morgan fingerprint density at radius 2 is 1.84 bits per heavy atom. The van der Waals surface area contributed by atoms with Crippen LogP contribution in [0.2, 0.25) is 10.0 Å². The van der Waals surface area contributed by atoms with Crippen molar-refractivity contribution in [2.75, 3.05) is 10.6 Å². The van der Waals surface area contributed by atoms with Gasteiger partial charge in [-0.2, -0.15) is 0 Å². The molecule has 7 heteroatoms. The van der Waals surface area contributed by atoms with Crippen molar-refractivity contribution in [2.45, 2.75) is 6.92 Å². The fourth-order valence-electron chi connectivity index (χ4n) is 2.16. The molecule has 126 valence electrons. The van der Waals surface area contributed by atoms with Crippen LogP contribution in [0.4, 0.5) is 17.3 Å². The summed E-state index contributed by atoms with van der Waals surface area (Å²) in [5, 5.41) is 6.80. The van der Waals surface area contributed by atoms with Crippen LogP contribution in [-0.2, 0) is 0 Å². The Kier molecular flexibility index (Phi) is 5.16. The first-order chi connectivity index (χ1) is 12.0. The maximum atomic E-state index is 12.4. The summed E-state index contributed by atoms with van der Waals surface area (Å²) >= 11 is 12.1. The van der Waals surface area contributed by atoms with E-state index < -0.39 is 0 Å². The fraction of sp³-hybridized carbons (Fsp3) is 0.0556. The fourth-order valence-corrected chi connectivity index (χ4v) is 2.50. The zero-order valence-electron chi connectivity index (χ0n) is 13.3. The summed E-state index contributed by atoms with van der Waals surface area (Å²) in [6, 6.07) is 14.1. The normalized spacial score (nSPS) is 10.4. The smallest absolute Gasteiger partial charge is 0.274 e. The van der Waals surface area contributed by atoms with Crippen LogP contribution in [0.3, 0.4) is 0 Å². The Morgan fingerprint density at radius 1 is 1.04 bits per heavy atom. The van der Waals surface area contributed by atoms with Gasteiger partial charge in [0.15, 0.2) is 0 Å². The van der Waals surface area contributed by atoms with Gasteiger partial charge in [-0.3, -0.25) is 4.79 Å². The van der Waals surface area contributed by atoms with Gasteiger partial charge in [-0.1, -0.05) is 41.4 Å². The molecule has 1 aromatic heterocycles. The second kappa shape index (κ2) is 7.51. The maximum Gasteiger partial charge on any atom is 0.274 e. The number of nitrogens with one attached hydrogen (secondary N) is 2. The molecule has 1 heterocycles. The minimum atomic E-state index is -0.322. The minimum absolute atomic E-state index is 0.235. The van der Waals surface area contributed by atoms with Crippen molar-refractivity contribution in [1.82, 2.24) is 9.97 Å². The van der Waals surface area contributed by atoms with Crippen molar-refractivity contribution in [3.63, 3.8) is 0 Å². The third-order valence-corrected chi connectivity index (χ3v) is 4.02. The molecule has 3 aromatic rings. The molecule has 2 aromatic carbocycles. The molecule has 2 N–H and O–H groups in total. The lowest BCUT2D eigenvalue weighted by molar-refractivity contribution is 0.102. The molecule has 0 bridgehead atoms. The summed E-state index contributed by atoms with van der Waals surface area (Å²) in [6.45, 7) is 1.92. The molecule has 1 amide bonds. The summed E-state index contributed by atoms with van der Waals surface area (Å²) in [6.07, 6.45) is 1.50. The molecule has 0 aliphatic carbocycles. The molecule has 0 aliphatic heterocycles. The quantitative estimate of drug-likeness (QED) is 0.669. The first-order valence-electron chi connectivity index (χ1n) is 7.45. The second-order valence-corrected chi connectivity index (χ2v) is 6.13. The lowest BCUT2D eigenvalue weighted by Crippen LogP contribution is -2.15. The molecule has 0 fully saturated rings. The summed E-state index contributed by atoms with van der Waals surface area (Å²) in [5.41, 5.74) is 2.50. The molecule has 0 radical (unpaired) electrons. The van der Waals surface area contributed by atoms with Gasteiger partial charge < -0.3 is 10.6 Å². The van der Waals surface area contributed by atoms with E-state index in [1.807, 2.05) is 31.2 Å². The Labute approximate surface area is 155 Å². The summed E-state index contributed by atoms with van der Waals surface area (Å²) in [5.74, 6) is -0.0708. The van der Waals surface area contributed by atoms with Crippen molar-refractivity contribution in [3.05, 3.63) is 76.0 Å². The number of hydrogen-bond donors (Lipinski definition) is 2. The predicted octanol–water partition coefficient (Wildman–Crippen LogP) is 5.09. The number of rotatable bonds is 4. The maximum absolute atomic E-state index is 12.4. The van der Waals surface area contributed by atoms with Gasteiger partial charge in [0, 0.05) is 16.9 Å². The molecule has 5 nitrogen and oxygen atoms in total. The number of carbonyl (C=O) groups is 1. The highest BCUT2D eigenvalue weighted by Gasteiger charge is 2.11. The average molecular weight is 373 g/mol. The lowest BCUT2D eigenvalue weighted by Gasteiger charge is -2.10. The van der Waals surface area contributed by atoms with Gasteiger partial charge in [0.1, 0.15) is 5.69 Å². The number of hydrogen-bond acceptors (Lipinski definition) is 4. The van der Waals surface area contributed by atoms with E-state index >= 15 is 0 Å². The molecule has 0 saturated heterocycles. The molecule has 3 rings (SSSR count). The van der Waals surface area contributed by atoms with Crippen molar-refractivity contribution >= 4 is 46.4 Å². The van der Waals surface area contributed by atoms with E-state index in [0.717, 1.165) is 11.3 Å². The van der Waals surface area contributed by atoms with Crippen molar-refractivity contribution in [2.24, 2.45) is 0 Å². The summed E-state index contributed by atoms with van der Waals surface area (Å²) < 4.78 is 0. The molecular weight excluding hydrogens is 359 g/mol. The van der Waals surface area contributed by atoms with E-state index in [2.05, 4.69) is 20.6 Å². The minimum Gasteiger partial charge on any atom is -0.323 e. The van der Waals surface area contributed by atoms with Crippen LogP contribution < -0.4 is 10.6 Å². The Bertz CT molecular complexity index is 930. The standard InChI is InChI=1S/C18H14Cl2N4O/c1-11-4-2-3-5-14(11)22-17(25)15-8-9-21-18(23-15)24-16-10-12(19)6-7-13(16)20/h2-10H,1H3,(H,22,25)(H,21,23,24). The molecule has 0 unspecified atom stereocenters. The highest BCUT2D eigenvalue weighted by molar-refractivity contribution is 6.35. The number of anilines is 3. The first kappa shape index (κ1) is 17.2. The number of halogens is 2. The van der Waals surface area contributed by atoms with Crippen LogP contribution in [0.1, 0.15) is 16.1 Å². The van der Waals surface area contributed by atoms with Crippen molar-refractivity contribution < 1.29 is 4.79 Å². The zero-order chi connectivity index (χ0) is 17.8. The zero-order valence-corrected chi connectivity index (χ0v) is 14.8. The second-order valence-electron chi connectivity index (χ2n) is 5.28. The van der Waals surface area contributed by atoms with Crippen LogP contribution in [-0.4, -0.2) is 15.9 Å². The number of benzene rings is 2. The summed E-state index contributed by atoms with van der Waals surface area (Å²) in [4.78, 5) is 20.8. The van der Waals surface area contributed by atoms with Gasteiger partial charge in [-0.05, 0) is 42.8 Å². The van der Waals surface area contributed by atoms with E-state index in [1.165, 1.54) is 6.20 Å². The van der Waals surface area contributed by atoms with Gasteiger partial charge in [-0.15, -0.1) is 0 Å². The molecule has 0 atom stereocenters. The Morgan fingerprint density at radius 3 is 2.64 bits per heavy atom. The molecule has 0 aliphatic rings. The monoisotopic (exact) mass is 372 g/mol. The first-order valence-corrected chi connectivity index (χ1v) is 8.20. The van der Waals surface area contributed by atoms with Crippen LogP contribution in [0.15, 0.2) is 54.7 Å². The number of aromatic nitrogens is 2. The highest BCUT2D eigenvalue weighted by atomic mass is 35.5. The number of aryl methyl sites for hydroxylation is 1. The Balaban J connectivity index is 1.80. The largest absolute Gasteiger partial charge is 0.323 e. The average Bonchev–Trinajstić information content (AvgIpc) is 2.60. The van der Waals surface area contributed by atoms with Crippen LogP contribution in [0.5, 0.6) is 0 Å². The topological polar surface area (TPSA) is 66.9 Å². The van der Waals surface area contributed by atoms with E-state index in [-0.39, 0.29) is 17.5 Å².